The molecule has 1 rings (SSSR count). The second kappa shape index (κ2) is 6.18. The Hall–Kier alpha value is -1.68. The lowest BCUT2D eigenvalue weighted by Gasteiger charge is -2.10. The first-order chi connectivity index (χ1) is 9.15. The third-order valence-electron chi connectivity index (χ3n) is 2.28. The number of primary amides is 1. The first kappa shape index (κ1) is 16.4. The molecule has 0 aliphatic rings. The van der Waals surface area contributed by atoms with Crippen LogP contribution in [0.1, 0.15) is 10.4 Å². The summed E-state index contributed by atoms with van der Waals surface area (Å²) in [5.41, 5.74) is 4.52. The standard InChI is InChI=1S/C10H11ClN2O6S/c11-7-3-5(1-2-6(7)10(16)17)20(18,19)13-4-8(14)9(12)15/h1-3,8,13-14H,4H2,(H2,12,15)(H,16,17). The Kier molecular flexibility index (Phi) is 5.06. The van der Waals surface area contributed by atoms with Gasteiger partial charge in [-0.3, -0.25) is 4.79 Å². The van der Waals surface area contributed by atoms with Gasteiger partial charge in [-0.15, -0.1) is 0 Å². The lowest BCUT2D eigenvalue weighted by Crippen LogP contribution is -2.39. The van der Waals surface area contributed by atoms with Gasteiger partial charge < -0.3 is 15.9 Å². The summed E-state index contributed by atoms with van der Waals surface area (Å²) in [7, 11) is -4.05. The summed E-state index contributed by atoms with van der Waals surface area (Å²) in [6.07, 6.45) is -1.67. The Morgan fingerprint density at radius 3 is 2.45 bits per heavy atom. The Labute approximate surface area is 119 Å². The van der Waals surface area contributed by atoms with Crippen molar-refractivity contribution in [1.82, 2.24) is 4.72 Å². The van der Waals surface area contributed by atoms with Crippen LogP contribution in [0.25, 0.3) is 0 Å². The molecule has 0 fully saturated rings. The number of carboxylic acid groups (broad SMARTS) is 1. The van der Waals surface area contributed by atoms with Gasteiger partial charge in [-0.25, -0.2) is 17.9 Å². The molecule has 0 spiro atoms. The van der Waals surface area contributed by atoms with Gasteiger partial charge in [0.25, 0.3) is 0 Å². The van der Waals surface area contributed by atoms with E-state index in [0.717, 1.165) is 18.2 Å². The fraction of sp³-hybridized carbons (Fsp3) is 0.200. The van der Waals surface area contributed by atoms with Crippen molar-refractivity contribution in [2.75, 3.05) is 6.54 Å². The van der Waals surface area contributed by atoms with Crippen LogP contribution in [0.15, 0.2) is 23.1 Å². The molecule has 5 N–H and O–H groups in total. The third-order valence-corrected chi connectivity index (χ3v) is 4.01. The number of nitrogens with one attached hydrogen (secondary N) is 1. The number of benzene rings is 1. The number of rotatable bonds is 6. The van der Waals surface area contributed by atoms with Gasteiger partial charge in [0.2, 0.25) is 15.9 Å². The quantitative estimate of drug-likeness (QED) is 0.537. The van der Waals surface area contributed by atoms with Crippen LogP contribution < -0.4 is 10.5 Å². The van der Waals surface area contributed by atoms with E-state index >= 15 is 0 Å². The molecule has 0 bridgehead atoms. The summed E-state index contributed by atoms with van der Waals surface area (Å²) >= 11 is 5.65. The van der Waals surface area contributed by atoms with Gasteiger partial charge in [0.15, 0.2) is 0 Å². The fourth-order valence-electron chi connectivity index (χ4n) is 1.21. The number of carboxylic acids is 1. The molecular weight excluding hydrogens is 312 g/mol. The molecule has 0 aliphatic heterocycles. The Morgan fingerprint density at radius 1 is 1.40 bits per heavy atom. The number of hydrogen-bond acceptors (Lipinski definition) is 5. The molecule has 110 valence electrons. The molecular formula is C10H11ClN2O6S. The van der Waals surface area contributed by atoms with E-state index in [1.54, 1.807) is 0 Å². The zero-order chi connectivity index (χ0) is 15.5. The first-order valence-corrected chi connectivity index (χ1v) is 7.01. The molecule has 0 aliphatic carbocycles. The second-order valence-electron chi connectivity index (χ2n) is 3.72. The minimum Gasteiger partial charge on any atom is -0.478 e. The molecule has 1 aromatic carbocycles. The molecule has 8 nitrogen and oxygen atoms in total. The highest BCUT2D eigenvalue weighted by atomic mass is 35.5. The highest BCUT2D eigenvalue weighted by Gasteiger charge is 2.20. The van der Waals surface area contributed by atoms with E-state index in [4.69, 9.17) is 27.5 Å². The number of nitrogens with two attached hydrogens (primary N) is 1. The number of aliphatic hydroxyl groups excluding tert-OH is 1. The van der Waals surface area contributed by atoms with Crippen molar-refractivity contribution in [3.05, 3.63) is 28.8 Å². The van der Waals surface area contributed by atoms with Crippen molar-refractivity contribution >= 4 is 33.5 Å². The van der Waals surface area contributed by atoms with Crippen LogP contribution in [-0.2, 0) is 14.8 Å². The van der Waals surface area contributed by atoms with E-state index in [2.05, 4.69) is 0 Å². The number of carbonyl (C=O) groups excluding carboxylic acids is 1. The van der Waals surface area contributed by atoms with Gasteiger partial charge in [-0.05, 0) is 18.2 Å². The predicted molar refractivity (Wildman–Crippen MR) is 68.8 cm³/mol. The number of aromatic carboxylic acids is 1. The molecule has 0 saturated carbocycles. The third kappa shape index (κ3) is 3.90. The van der Waals surface area contributed by atoms with E-state index in [1.807, 2.05) is 4.72 Å². The van der Waals surface area contributed by atoms with Crippen molar-refractivity contribution in [3.8, 4) is 0 Å². The van der Waals surface area contributed by atoms with E-state index < -0.39 is 34.5 Å². The van der Waals surface area contributed by atoms with Crippen LogP contribution in [0, 0.1) is 0 Å². The summed E-state index contributed by atoms with van der Waals surface area (Å²) in [4.78, 5) is 21.0. The molecule has 0 aromatic heterocycles. The maximum atomic E-state index is 11.8. The van der Waals surface area contributed by atoms with Crippen molar-refractivity contribution in [2.24, 2.45) is 5.73 Å². The van der Waals surface area contributed by atoms with Gasteiger partial charge in [0.05, 0.1) is 15.5 Å². The van der Waals surface area contributed by atoms with E-state index in [-0.39, 0.29) is 15.5 Å². The Morgan fingerprint density at radius 2 is 2.00 bits per heavy atom. The molecule has 1 aromatic rings. The van der Waals surface area contributed by atoms with Crippen LogP contribution in [-0.4, -0.2) is 43.2 Å². The normalized spacial score (nSPS) is 12.9. The number of sulfonamides is 1. The smallest absolute Gasteiger partial charge is 0.337 e. The zero-order valence-electron chi connectivity index (χ0n) is 9.91. The van der Waals surface area contributed by atoms with Crippen LogP contribution in [0.5, 0.6) is 0 Å². The minimum absolute atomic E-state index is 0.247. The number of aliphatic hydroxyl groups is 1. The summed E-state index contributed by atoms with van der Waals surface area (Å²) in [6.45, 7) is -0.601. The largest absolute Gasteiger partial charge is 0.478 e. The van der Waals surface area contributed by atoms with Crippen LogP contribution in [0.3, 0.4) is 0 Å². The van der Waals surface area contributed by atoms with Gasteiger partial charge in [-0.1, -0.05) is 11.6 Å². The van der Waals surface area contributed by atoms with Crippen LogP contribution in [0.2, 0.25) is 5.02 Å². The lowest BCUT2D eigenvalue weighted by atomic mass is 10.2. The molecule has 0 heterocycles. The van der Waals surface area contributed by atoms with E-state index in [1.165, 1.54) is 0 Å². The maximum absolute atomic E-state index is 11.8. The fourth-order valence-corrected chi connectivity index (χ4v) is 2.60. The van der Waals surface area contributed by atoms with Crippen LogP contribution >= 0.6 is 11.6 Å². The van der Waals surface area contributed by atoms with Crippen molar-refractivity contribution in [2.45, 2.75) is 11.0 Å². The van der Waals surface area contributed by atoms with E-state index in [9.17, 15) is 18.0 Å². The number of hydrogen-bond donors (Lipinski definition) is 4. The average molecular weight is 323 g/mol. The summed E-state index contributed by atoms with van der Waals surface area (Å²) in [6, 6.07) is 3.02. The highest BCUT2D eigenvalue weighted by Crippen LogP contribution is 2.20. The first-order valence-electron chi connectivity index (χ1n) is 5.15. The molecule has 10 heteroatoms. The SMILES string of the molecule is NC(=O)C(O)CNS(=O)(=O)c1ccc(C(=O)O)c(Cl)c1. The summed E-state index contributed by atoms with van der Waals surface area (Å²) < 4.78 is 25.6. The molecule has 1 atom stereocenters. The topological polar surface area (TPSA) is 147 Å². The highest BCUT2D eigenvalue weighted by molar-refractivity contribution is 7.89. The molecule has 20 heavy (non-hydrogen) atoms. The lowest BCUT2D eigenvalue weighted by molar-refractivity contribution is -0.125. The van der Waals surface area contributed by atoms with Gasteiger partial charge in [0.1, 0.15) is 6.10 Å². The van der Waals surface area contributed by atoms with Gasteiger partial charge >= 0.3 is 5.97 Å². The second-order valence-corrected chi connectivity index (χ2v) is 5.89. The molecule has 0 saturated heterocycles. The molecule has 0 radical (unpaired) electrons. The molecule has 1 amide bonds. The maximum Gasteiger partial charge on any atom is 0.337 e. The summed E-state index contributed by atoms with van der Waals surface area (Å²) in [5.74, 6) is -2.37. The number of halogens is 1. The average Bonchev–Trinajstić information content (AvgIpc) is 2.35. The summed E-state index contributed by atoms with van der Waals surface area (Å²) in [5, 5.41) is 17.6. The number of carbonyl (C=O) groups is 2. The number of amides is 1. The Bertz CT molecular complexity index is 645. The monoisotopic (exact) mass is 322 g/mol. The Balaban J connectivity index is 2.96. The van der Waals surface area contributed by atoms with Gasteiger partial charge in [-0.2, -0.15) is 0 Å². The van der Waals surface area contributed by atoms with Crippen molar-refractivity contribution in [1.29, 1.82) is 0 Å². The van der Waals surface area contributed by atoms with Crippen LogP contribution in [0.4, 0.5) is 0 Å². The molecule has 1 unspecified atom stereocenters. The zero-order valence-corrected chi connectivity index (χ0v) is 11.5. The minimum atomic E-state index is -4.05. The van der Waals surface area contributed by atoms with E-state index in [0.29, 0.717) is 0 Å². The van der Waals surface area contributed by atoms with Gasteiger partial charge in [0, 0.05) is 6.54 Å². The van der Waals surface area contributed by atoms with Crippen molar-refractivity contribution in [3.63, 3.8) is 0 Å². The van der Waals surface area contributed by atoms with Crippen molar-refractivity contribution < 1.29 is 28.2 Å². The predicted octanol–water partition coefficient (Wildman–Crippen LogP) is -0.837.